The molecule has 2 aliphatic carbocycles. The maximum atomic E-state index is 12.7. The maximum absolute atomic E-state index is 12.7. The van der Waals surface area contributed by atoms with Gasteiger partial charge in [-0.2, -0.15) is 5.10 Å². The molecule has 5 atom stereocenters. The van der Waals surface area contributed by atoms with Gasteiger partial charge in [-0.3, -0.25) is 9.58 Å². The molecular formula is C23H30F3N5O2. The third-order valence-electron chi connectivity index (χ3n) is 7.31. The highest BCUT2D eigenvalue weighted by Crippen LogP contribution is 2.64. The van der Waals surface area contributed by atoms with E-state index in [2.05, 4.69) is 35.4 Å². The van der Waals surface area contributed by atoms with E-state index in [1.165, 1.54) is 25.1 Å². The molecule has 0 bridgehead atoms. The fourth-order valence-corrected chi connectivity index (χ4v) is 5.82. The molecule has 3 heterocycles. The normalized spacial score (nSPS) is 30.0. The van der Waals surface area contributed by atoms with Gasteiger partial charge in [-0.05, 0) is 57.6 Å². The predicted molar refractivity (Wildman–Crippen MR) is 117 cm³/mol. The predicted octanol–water partition coefficient (Wildman–Crippen LogP) is 4.22. The summed E-state index contributed by atoms with van der Waals surface area (Å²) in [4.78, 5) is 6.50. The minimum absolute atomic E-state index is 0.137. The Morgan fingerprint density at radius 3 is 2.58 bits per heavy atom. The van der Waals surface area contributed by atoms with Crippen LogP contribution < -0.4 is 10.5 Å². The first-order valence-electron chi connectivity index (χ1n) is 11.6. The van der Waals surface area contributed by atoms with E-state index in [9.17, 15) is 13.2 Å². The fraction of sp³-hybridized carbons (Fsp3) is 0.652. The Morgan fingerprint density at radius 1 is 1.21 bits per heavy atom. The largest absolute Gasteiger partial charge is 0.573 e. The van der Waals surface area contributed by atoms with Crippen LogP contribution in [0.5, 0.6) is 5.75 Å². The van der Waals surface area contributed by atoms with Crippen LogP contribution >= 0.6 is 0 Å². The third-order valence-corrected chi connectivity index (χ3v) is 7.31. The summed E-state index contributed by atoms with van der Waals surface area (Å²) in [6.07, 6.45) is -1.05. The Labute approximate surface area is 191 Å². The first-order chi connectivity index (χ1) is 15.6. The van der Waals surface area contributed by atoms with Gasteiger partial charge >= 0.3 is 6.36 Å². The number of morpholine rings is 1. The number of alkyl halides is 3. The van der Waals surface area contributed by atoms with Crippen molar-refractivity contribution >= 4 is 5.82 Å². The number of ether oxygens (including phenoxy) is 2. The number of nitrogens with zero attached hydrogens (tertiary/aromatic N) is 4. The molecule has 1 saturated heterocycles. The number of nitrogen functional groups attached to an aromatic ring is 1. The lowest BCUT2D eigenvalue weighted by molar-refractivity contribution is -0.274. The summed E-state index contributed by atoms with van der Waals surface area (Å²) in [7, 11) is 0. The highest BCUT2D eigenvalue weighted by atomic mass is 19.4. The Balaban J connectivity index is 1.36. The van der Waals surface area contributed by atoms with Crippen LogP contribution in [-0.4, -0.2) is 57.9 Å². The second-order valence-corrected chi connectivity index (χ2v) is 9.79. The SMILES string of the molecule is CC(C)n1nc(-c2cnc(N)c(OC(F)(F)F)c2)cc1C1[C@H]2CC(N3CCOC[C@H]3C)C[C@@H]12. The van der Waals surface area contributed by atoms with Crippen molar-refractivity contribution in [3.63, 3.8) is 0 Å². The van der Waals surface area contributed by atoms with E-state index >= 15 is 0 Å². The maximum Gasteiger partial charge on any atom is 0.573 e. The molecule has 0 spiro atoms. The topological polar surface area (TPSA) is 78.4 Å². The average Bonchev–Trinajstić information content (AvgIpc) is 3.09. The van der Waals surface area contributed by atoms with Crippen molar-refractivity contribution in [3.05, 3.63) is 24.0 Å². The number of pyridine rings is 1. The van der Waals surface area contributed by atoms with Crippen LogP contribution in [0, 0.1) is 11.8 Å². The molecule has 2 N–H and O–H groups in total. The Kier molecular flexibility index (Phi) is 5.55. The van der Waals surface area contributed by atoms with Crippen molar-refractivity contribution in [1.82, 2.24) is 19.7 Å². The van der Waals surface area contributed by atoms with E-state index in [4.69, 9.17) is 15.6 Å². The van der Waals surface area contributed by atoms with Gasteiger partial charge < -0.3 is 15.2 Å². The van der Waals surface area contributed by atoms with Crippen LogP contribution in [0.1, 0.15) is 51.3 Å². The van der Waals surface area contributed by atoms with Crippen molar-refractivity contribution in [1.29, 1.82) is 0 Å². The third kappa shape index (κ3) is 4.30. The quantitative estimate of drug-likeness (QED) is 0.713. The molecule has 10 heteroatoms. The fourth-order valence-electron chi connectivity index (χ4n) is 5.82. The van der Waals surface area contributed by atoms with E-state index in [1.54, 1.807) is 0 Å². The first kappa shape index (κ1) is 22.5. The molecule has 0 radical (unpaired) electrons. The summed E-state index contributed by atoms with van der Waals surface area (Å²) < 4.78 is 49.8. The lowest BCUT2D eigenvalue weighted by atomic mass is 10.0. The molecule has 3 fully saturated rings. The molecule has 7 nitrogen and oxygen atoms in total. The van der Waals surface area contributed by atoms with Gasteiger partial charge in [0.1, 0.15) is 0 Å². The zero-order valence-electron chi connectivity index (χ0n) is 19.0. The molecule has 2 saturated carbocycles. The summed E-state index contributed by atoms with van der Waals surface area (Å²) in [6, 6.07) is 4.46. The molecule has 5 rings (SSSR count). The number of nitrogens with two attached hydrogens (primary N) is 1. The van der Waals surface area contributed by atoms with Gasteiger partial charge in [0.15, 0.2) is 11.6 Å². The summed E-state index contributed by atoms with van der Waals surface area (Å²) >= 11 is 0. The molecule has 0 aromatic carbocycles. The van der Waals surface area contributed by atoms with Crippen LogP contribution in [0.15, 0.2) is 18.3 Å². The lowest BCUT2D eigenvalue weighted by Gasteiger charge is -2.38. The zero-order valence-corrected chi connectivity index (χ0v) is 19.0. The van der Waals surface area contributed by atoms with Gasteiger partial charge in [-0.1, -0.05) is 0 Å². The zero-order chi connectivity index (χ0) is 23.5. The van der Waals surface area contributed by atoms with Gasteiger partial charge in [-0.25, -0.2) is 4.98 Å². The summed E-state index contributed by atoms with van der Waals surface area (Å²) in [5.41, 5.74) is 7.78. The van der Waals surface area contributed by atoms with Gasteiger partial charge in [0.2, 0.25) is 0 Å². The molecule has 3 aliphatic rings. The van der Waals surface area contributed by atoms with Gasteiger partial charge in [0.05, 0.1) is 18.9 Å². The van der Waals surface area contributed by atoms with Crippen LogP contribution in [0.25, 0.3) is 11.3 Å². The average molecular weight is 466 g/mol. The van der Waals surface area contributed by atoms with Crippen LogP contribution in [0.2, 0.25) is 0 Å². The van der Waals surface area contributed by atoms with E-state index < -0.39 is 12.1 Å². The van der Waals surface area contributed by atoms with Crippen LogP contribution in [-0.2, 0) is 4.74 Å². The number of hydrogen-bond donors (Lipinski definition) is 1. The summed E-state index contributed by atoms with van der Waals surface area (Å²) in [5.74, 6) is 0.876. The van der Waals surface area contributed by atoms with Crippen molar-refractivity contribution < 1.29 is 22.6 Å². The first-order valence-corrected chi connectivity index (χ1v) is 11.6. The summed E-state index contributed by atoms with van der Waals surface area (Å²) in [6.45, 7) is 8.97. The van der Waals surface area contributed by atoms with Crippen molar-refractivity contribution in [3.8, 4) is 17.0 Å². The second-order valence-electron chi connectivity index (χ2n) is 9.79. The summed E-state index contributed by atoms with van der Waals surface area (Å²) in [5, 5.41) is 4.73. The van der Waals surface area contributed by atoms with Gasteiger partial charge in [0, 0.05) is 48.0 Å². The molecule has 2 aromatic rings. The van der Waals surface area contributed by atoms with Crippen LogP contribution in [0.4, 0.5) is 19.0 Å². The van der Waals surface area contributed by atoms with Crippen molar-refractivity contribution in [2.45, 2.75) is 64.0 Å². The molecule has 180 valence electrons. The van der Waals surface area contributed by atoms with E-state index in [-0.39, 0.29) is 11.9 Å². The number of rotatable bonds is 5. The molecular weight excluding hydrogens is 435 g/mol. The molecule has 1 aliphatic heterocycles. The van der Waals surface area contributed by atoms with Gasteiger partial charge in [0.25, 0.3) is 0 Å². The smallest absolute Gasteiger partial charge is 0.402 e. The van der Waals surface area contributed by atoms with Crippen LogP contribution in [0.3, 0.4) is 0 Å². The van der Waals surface area contributed by atoms with Gasteiger partial charge in [-0.15, -0.1) is 13.2 Å². The molecule has 33 heavy (non-hydrogen) atoms. The Bertz CT molecular complexity index is 1010. The van der Waals surface area contributed by atoms with Crippen molar-refractivity contribution in [2.24, 2.45) is 11.8 Å². The molecule has 0 amide bonds. The standard InChI is InChI=1S/C23H30F3N5O2/c1-12(2)31-19(21-16-7-15(8-17(16)21)30-4-5-32-11-13(30)3)9-18(29-31)14-6-20(22(27)28-10-14)33-23(24,25)26/h6,9-10,12-13,15-17,21H,4-5,7-8,11H2,1-3H3,(H2,27,28)/t13-,15?,16-,17+,21?/m1/s1. The number of hydrogen-bond acceptors (Lipinski definition) is 6. The number of halogens is 3. The minimum Gasteiger partial charge on any atom is -0.402 e. The molecule has 2 unspecified atom stereocenters. The number of aromatic nitrogens is 3. The van der Waals surface area contributed by atoms with E-state index in [1.807, 2.05) is 10.7 Å². The highest BCUT2D eigenvalue weighted by Gasteiger charge is 2.59. The van der Waals surface area contributed by atoms with E-state index in [0.29, 0.717) is 41.1 Å². The molecule has 2 aromatic heterocycles. The Morgan fingerprint density at radius 2 is 1.94 bits per heavy atom. The van der Waals surface area contributed by atoms with E-state index in [0.717, 1.165) is 25.5 Å². The monoisotopic (exact) mass is 465 g/mol. The van der Waals surface area contributed by atoms with Crippen molar-refractivity contribution in [2.75, 3.05) is 25.5 Å². The number of fused-ring (bicyclic) bond motifs is 1. The highest BCUT2D eigenvalue weighted by molar-refractivity contribution is 5.64. The number of anilines is 1. The second kappa shape index (κ2) is 8.16. The lowest BCUT2D eigenvalue weighted by Crippen LogP contribution is -2.49. The Hall–Kier alpha value is -2.33. The minimum atomic E-state index is -4.84.